The van der Waals surface area contributed by atoms with Gasteiger partial charge in [-0.25, -0.2) is 4.98 Å². The number of nitrogens with zero attached hydrogens (tertiary/aromatic N) is 3. The van der Waals surface area contributed by atoms with Crippen LogP contribution in [0.15, 0.2) is 12.3 Å². The summed E-state index contributed by atoms with van der Waals surface area (Å²) in [4.78, 5) is 11.0. The standard InChI is InChI=1S/C13H20ClN3O/c1-2-18-12-7-8-15-13(16-12)17-9-5-3-4-6-11(17)10-14/h7-8,11H,2-6,9-10H2,1H3. The summed E-state index contributed by atoms with van der Waals surface area (Å²) in [6.45, 7) is 3.55. The van der Waals surface area contributed by atoms with Crippen molar-refractivity contribution in [2.45, 2.75) is 38.6 Å². The van der Waals surface area contributed by atoms with Gasteiger partial charge in [0.25, 0.3) is 0 Å². The number of hydrogen-bond donors (Lipinski definition) is 0. The highest BCUT2D eigenvalue weighted by Crippen LogP contribution is 2.23. The third-order valence-electron chi connectivity index (χ3n) is 3.22. The van der Waals surface area contributed by atoms with Gasteiger partial charge in [0, 0.05) is 30.7 Å². The topological polar surface area (TPSA) is 38.2 Å². The van der Waals surface area contributed by atoms with Crippen molar-refractivity contribution >= 4 is 17.5 Å². The van der Waals surface area contributed by atoms with Gasteiger partial charge in [0.05, 0.1) is 6.61 Å². The van der Waals surface area contributed by atoms with Crippen LogP contribution in [-0.2, 0) is 0 Å². The summed E-state index contributed by atoms with van der Waals surface area (Å²) < 4.78 is 5.43. The normalized spacial score (nSPS) is 20.6. The Morgan fingerprint density at radius 1 is 1.44 bits per heavy atom. The van der Waals surface area contributed by atoms with Crippen molar-refractivity contribution in [2.24, 2.45) is 0 Å². The van der Waals surface area contributed by atoms with Crippen molar-refractivity contribution in [1.29, 1.82) is 0 Å². The predicted octanol–water partition coefficient (Wildman–Crippen LogP) is 2.86. The molecule has 0 N–H and O–H groups in total. The third kappa shape index (κ3) is 3.25. The fourth-order valence-electron chi connectivity index (χ4n) is 2.30. The second kappa shape index (κ2) is 6.78. The molecule has 0 bridgehead atoms. The number of aromatic nitrogens is 2. The van der Waals surface area contributed by atoms with Crippen LogP contribution in [0.3, 0.4) is 0 Å². The molecule has 100 valence electrons. The van der Waals surface area contributed by atoms with E-state index in [0.29, 0.717) is 24.4 Å². The van der Waals surface area contributed by atoms with Gasteiger partial charge >= 0.3 is 0 Å². The molecule has 2 rings (SSSR count). The molecule has 0 radical (unpaired) electrons. The zero-order chi connectivity index (χ0) is 12.8. The summed E-state index contributed by atoms with van der Waals surface area (Å²) in [7, 11) is 0. The maximum absolute atomic E-state index is 6.07. The highest BCUT2D eigenvalue weighted by Gasteiger charge is 2.22. The lowest BCUT2D eigenvalue weighted by Gasteiger charge is -2.28. The van der Waals surface area contributed by atoms with Crippen LogP contribution in [0.5, 0.6) is 5.88 Å². The largest absolute Gasteiger partial charge is 0.478 e. The molecule has 5 heteroatoms. The highest BCUT2D eigenvalue weighted by molar-refractivity contribution is 6.18. The summed E-state index contributed by atoms with van der Waals surface area (Å²) in [5.41, 5.74) is 0. The Morgan fingerprint density at radius 2 is 2.33 bits per heavy atom. The van der Waals surface area contributed by atoms with Crippen LogP contribution >= 0.6 is 11.6 Å². The number of hydrogen-bond acceptors (Lipinski definition) is 4. The second-order valence-electron chi connectivity index (χ2n) is 4.48. The van der Waals surface area contributed by atoms with E-state index in [4.69, 9.17) is 16.3 Å². The van der Waals surface area contributed by atoms with Gasteiger partial charge in [-0.15, -0.1) is 11.6 Å². The Labute approximate surface area is 113 Å². The number of ether oxygens (including phenoxy) is 1. The molecule has 4 nitrogen and oxygen atoms in total. The SMILES string of the molecule is CCOc1ccnc(N2CCCCCC2CCl)n1. The third-order valence-corrected chi connectivity index (χ3v) is 3.58. The Kier molecular flexibility index (Phi) is 5.05. The predicted molar refractivity (Wildman–Crippen MR) is 73.5 cm³/mol. The van der Waals surface area contributed by atoms with Gasteiger partial charge in [0.15, 0.2) is 0 Å². The van der Waals surface area contributed by atoms with Crippen LogP contribution in [0, 0.1) is 0 Å². The molecule has 0 aliphatic carbocycles. The molecule has 1 saturated heterocycles. The van der Waals surface area contributed by atoms with E-state index in [-0.39, 0.29) is 0 Å². The number of halogens is 1. The Morgan fingerprint density at radius 3 is 3.11 bits per heavy atom. The molecule has 1 unspecified atom stereocenters. The Bertz CT molecular complexity index is 375. The van der Waals surface area contributed by atoms with Crippen LogP contribution in [0.25, 0.3) is 0 Å². The van der Waals surface area contributed by atoms with Crippen LogP contribution in [0.2, 0.25) is 0 Å². The number of anilines is 1. The van der Waals surface area contributed by atoms with Gasteiger partial charge in [0.2, 0.25) is 11.8 Å². The van der Waals surface area contributed by atoms with E-state index in [9.17, 15) is 0 Å². The lowest BCUT2D eigenvalue weighted by Crippen LogP contribution is -2.37. The lowest BCUT2D eigenvalue weighted by molar-refractivity contribution is 0.326. The first kappa shape index (κ1) is 13.4. The summed E-state index contributed by atoms with van der Waals surface area (Å²) >= 11 is 6.07. The van der Waals surface area contributed by atoms with E-state index in [1.165, 1.54) is 19.3 Å². The maximum atomic E-state index is 6.07. The first-order chi connectivity index (χ1) is 8.85. The molecule has 18 heavy (non-hydrogen) atoms. The van der Waals surface area contributed by atoms with Crippen molar-refractivity contribution in [2.75, 3.05) is 23.9 Å². The van der Waals surface area contributed by atoms with E-state index in [0.717, 1.165) is 18.9 Å². The first-order valence-corrected chi connectivity index (χ1v) is 7.17. The van der Waals surface area contributed by atoms with E-state index >= 15 is 0 Å². The fourth-order valence-corrected chi connectivity index (χ4v) is 2.62. The molecular formula is C13H20ClN3O. The average molecular weight is 270 g/mol. The van der Waals surface area contributed by atoms with E-state index < -0.39 is 0 Å². The summed E-state index contributed by atoms with van der Waals surface area (Å²) in [6, 6.07) is 2.13. The van der Waals surface area contributed by atoms with Crippen LogP contribution in [-0.4, -0.2) is 35.0 Å². The second-order valence-corrected chi connectivity index (χ2v) is 4.79. The molecule has 1 aliphatic rings. The van der Waals surface area contributed by atoms with Gasteiger partial charge in [-0.2, -0.15) is 4.98 Å². The minimum atomic E-state index is 0.339. The smallest absolute Gasteiger partial charge is 0.228 e. The molecule has 0 aromatic carbocycles. The molecule has 2 heterocycles. The lowest BCUT2D eigenvalue weighted by atomic mass is 10.1. The van der Waals surface area contributed by atoms with Gasteiger partial charge in [-0.05, 0) is 19.8 Å². The number of alkyl halides is 1. The van der Waals surface area contributed by atoms with Crippen molar-refractivity contribution in [1.82, 2.24) is 9.97 Å². The molecule has 0 spiro atoms. The summed E-state index contributed by atoms with van der Waals surface area (Å²) in [5.74, 6) is 2.01. The molecule has 0 saturated carbocycles. The molecule has 1 aromatic heterocycles. The fraction of sp³-hybridized carbons (Fsp3) is 0.692. The monoisotopic (exact) mass is 269 g/mol. The zero-order valence-electron chi connectivity index (χ0n) is 10.8. The quantitative estimate of drug-likeness (QED) is 0.788. The van der Waals surface area contributed by atoms with Crippen molar-refractivity contribution in [3.05, 3.63) is 12.3 Å². The minimum absolute atomic E-state index is 0.339. The van der Waals surface area contributed by atoms with E-state index in [2.05, 4.69) is 14.9 Å². The molecular weight excluding hydrogens is 250 g/mol. The summed E-state index contributed by atoms with van der Waals surface area (Å²) in [5, 5.41) is 0. The molecule has 1 aliphatic heterocycles. The molecule has 0 amide bonds. The van der Waals surface area contributed by atoms with E-state index in [1.807, 2.05) is 6.92 Å². The van der Waals surface area contributed by atoms with Crippen LogP contribution in [0.4, 0.5) is 5.95 Å². The van der Waals surface area contributed by atoms with Crippen molar-refractivity contribution < 1.29 is 4.74 Å². The highest BCUT2D eigenvalue weighted by atomic mass is 35.5. The Balaban J connectivity index is 2.18. The molecule has 1 aromatic rings. The average Bonchev–Trinajstić information content (AvgIpc) is 2.64. The van der Waals surface area contributed by atoms with Crippen LogP contribution in [0.1, 0.15) is 32.6 Å². The van der Waals surface area contributed by atoms with Crippen LogP contribution < -0.4 is 9.64 Å². The van der Waals surface area contributed by atoms with E-state index in [1.54, 1.807) is 12.3 Å². The summed E-state index contributed by atoms with van der Waals surface area (Å²) in [6.07, 6.45) is 6.54. The minimum Gasteiger partial charge on any atom is -0.478 e. The van der Waals surface area contributed by atoms with Crippen molar-refractivity contribution in [3.8, 4) is 5.88 Å². The van der Waals surface area contributed by atoms with Gasteiger partial charge in [0.1, 0.15) is 0 Å². The maximum Gasteiger partial charge on any atom is 0.228 e. The van der Waals surface area contributed by atoms with Gasteiger partial charge in [-0.1, -0.05) is 12.8 Å². The zero-order valence-corrected chi connectivity index (χ0v) is 11.6. The Hall–Kier alpha value is -1.03. The molecule has 1 fully saturated rings. The molecule has 1 atom stereocenters. The van der Waals surface area contributed by atoms with Gasteiger partial charge < -0.3 is 9.64 Å². The van der Waals surface area contributed by atoms with Gasteiger partial charge in [-0.3, -0.25) is 0 Å². The number of rotatable bonds is 4. The van der Waals surface area contributed by atoms with Crippen molar-refractivity contribution in [3.63, 3.8) is 0 Å². The first-order valence-electron chi connectivity index (χ1n) is 6.63.